The van der Waals surface area contributed by atoms with Gasteiger partial charge in [-0.3, -0.25) is 9.97 Å². The standard InChI is InChI=1S/C14H18O.C13H19NO.C12H15FO2.C12H14N2.2C11H14O2/c1-10-8-11-12(14(2,3)4)6-5-7-13(11)15-9-10;1-13(2,3)10-5-6-11-12(9-10)15-8-7-14(11)4;1-11(2,3)8-6-5-7-9-10(8)15-12(4,13)14-9;1-12(2,3)9-5-4-6-10-11(9)14-8-7-13-10;1-11(2,3)8-4-5-9-10(6-8)13-7-12-9;1-11(2,3)8-5-4-6-9-10(8)13-7-12-9/h5-7H,1,8-9H2,2-4H3;5-6,9H,7-8H2,1-4H3;5-7H,1-4H3;4-8H,1-3H3;2*4-6H,7H2,1-3H3. The third kappa shape index (κ3) is 16.9. The summed E-state index contributed by atoms with van der Waals surface area (Å²) in [6.07, 6.45) is 4.44. The van der Waals surface area contributed by atoms with E-state index in [9.17, 15) is 4.39 Å². The first-order chi connectivity index (χ1) is 39.5. The predicted molar refractivity (Wildman–Crippen MR) is 344 cm³/mol. The Balaban J connectivity index is 0.000000146. The molecule has 0 saturated heterocycles. The Labute approximate surface area is 507 Å². The summed E-state index contributed by atoms with van der Waals surface area (Å²) in [5.41, 5.74) is 13.8. The molecule has 6 aromatic carbocycles. The van der Waals surface area contributed by atoms with E-state index in [0.29, 0.717) is 31.7 Å². The van der Waals surface area contributed by atoms with Crippen molar-refractivity contribution in [2.45, 2.75) is 177 Å². The van der Waals surface area contributed by atoms with Crippen LogP contribution in [-0.4, -0.2) is 56.4 Å². The van der Waals surface area contributed by atoms with Gasteiger partial charge in [0, 0.05) is 49.5 Å². The van der Waals surface area contributed by atoms with Crippen LogP contribution < -0.4 is 42.8 Å². The zero-order chi connectivity index (χ0) is 62.5. The Morgan fingerprint density at radius 2 is 0.976 bits per heavy atom. The number of alkyl halides is 1. The van der Waals surface area contributed by atoms with Gasteiger partial charge in [0.1, 0.15) is 24.7 Å². The number of nitrogens with zero attached hydrogens (tertiary/aromatic N) is 3. The van der Waals surface area contributed by atoms with Crippen LogP contribution >= 0.6 is 0 Å². The maximum Gasteiger partial charge on any atom is 0.404 e. The van der Waals surface area contributed by atoms with E-state index in [1.165, 1.54) is 51.6 Å². The van der Waals surface area contributed by atoms with E-state index in [1.54, 1.807) is 18.5 Å². The van der Waals surface area contributed by atoms with Crippen molar-refractivity contribution in [3.63, 3.8) is 0 Å². The molecule has 0 saturated carbocycles. The number of ether oxygens (including phenoxy) is 8. The minimum absolute atomic E-state index is 0.0882. The summed E-state index contributed by atoms with van der Waals surface area (Å²) in [4.78, 5) is 10.9. The van der Waals surface area contributed by atoms with Crippen LogP contribution in [0.2, 0.25) is 0 Å². The van der Waals surface area contributed by atoms with E-state index >= 15 is 0 Å². The zero-order valence-corrected chi connectivity index (χ0v) is 54.5. The second-order valence-corrected chi connectivity index (χ2v) is 28.5. The van der Waals surface area contributed by atoms with E-state index in [-0.39, 0.29) is 32.5 Å². The highest BCUT2D eigenvalue weighted by Crippen LogP contribution is 2.47. The van der Waals surface area contributed by atoms with E-state index in [2.05, 4.69) is 214 Å². The number of anilines is 1. The smallest absolute Gasteiger partial charge is 0.404 e. The van der Waals surface area contributed by atoms with Crippen molar-refractivity contribution in [1.29, 1.82) is 0 Å². The van der Waals surface area contributed by atoms with Crippen LogP contribution in [0.1, 0.15) is 170 Å². The highest BCUT2D eigenvalue weighted by atomic mass is 19.2. The molecule has 5 aliphatic heterocycles. The Kier molecular flexibility index (Phi) is 19.6. The summed E-state index contributed by atoms with van der Waals surface area (Å²) in [5, 5.41) is 0. The Bertz CT molecular complexity index is 3430. The first kappa shape index (κ1) is 65.1. The SMILES string of the molecule is C=C1COc2cccc(C(C)(C)C)c2C1.CC(C)(C)c1ccc2c(c1)OCO2.CC(C)(C)c1cccc2c1OCO2.CC(C)(C)c1cccc2nccnc12.CC1(F)Oc2cccc(C(C)(C)C)c2O1.CN1CCOc2cc(C(C)(C)C)ccc21. The van der Waals surface area contributed by atoms with Crippen LogP contribution in [0.15, 0.2) is 134 Å². The molecule has 0 fully saturated rings. The van der Waals surface area contributed by atoms with Gasteiger partial charge in [0.05, 0.1) is 23.3 Å². The van der Waals surface area contributed by atoms with Crippen LogP contribution in [0, 0.1) is 0 Å². The fourth-order valence-corrected chi connectivity index (χ4v) is 10.1. The molecule has 6 heterocycles. The van der Waals surface area contributed by atoms with Gasteiger partial charge < -0.3 is 42.8 Å². The molecule has 1 atom stereocenters. The first-order valence-electron chi connectivity index (χ1n) is 29.6. The number of benzene rings is 6. The van der Waals surface area contributed by atoms with Crippen LogP contribution in [0.25, 0.3) is 11.0 Å². The maximum absolute atomic E-state index is 13.5. The van der Waals surface area contributed by atoms with E-state index in [1.807, 2.05) is 42.5 Å². The number of hydrogen-bond acceptors (Lipinski definition) is 11. The average molecular weight is 1160 g/mol. The molecular formula is C73H94FN3O8. The molecule has 1 unspecified atom stereocenters. The highest BCUT2D eigenvalue weighted by Gasteiger charge is 2.40. The van der Waals surface area contributed by atoms with Gasteiger partial charge in [0.25, 0.3) is 0 Å². The van der Waals surface area contributed by atoms with Crippen molar-refractivity contribution in [3.05, 3.63) is 173 Å². The quantitative estimate of drug-likeness (QED) is 0.136. The number of rotatable bonds is 0. The molecule has 12 heteroatoms. The molecule has 0 amide bonds. The molecule has 12 rings (SSSR count). The first-order valence-corrected chi connectivity index (χ1v) is 29.6. The minimum atomic E-state index is -2.04. The average Bonchev–Trinajstić information content (AvgIpc) is 2.82. The summed E-state index contributed by atoms with van der Waals surface area (Å²) in [6, 6.07) is 34.6. The summed E-state index contributed by atoms with van der Waals surface area (Å²) >= 11 is 0. The summed E-state index contributed by atoms with van der Waals surface area (Å²) in [7, 11) is 2.11. The zero-order valence-electron chi connectivity index (χ0n) is 54.5. The number of hydrogen-bond donors (Lipinski definition) is 0. The minimum Gasteiger partial charge on any atom is -0.490 e. The maximum atomic E-state index is 13.5. The van der Waals surface area contributed by atoms with E-state index < -0.39 is 6.04 Å². The molecule has 456 valence electrons. The topological polar surface area (TPSA) is 103 Å². The summed E-state index contributed by atoms with van der Waals surface area (Å²) < 4.78 is 56.4. The molecule has 5 aliphatic rings. The van der Waals surface area contributed by atoms with Crippen LogP contribution in [0.5, 0.6) is 46.0 Å². The number of likely N-dealkylation sites (N-methyl/N-ethyl adjacent to an activating group) is 1. The molecular weight excluding hydrogens is 1070 g/mol. The normalized spacial score (nSPS) is 16.3. The highest BCUT2D eigenvalue weighted by molar-refractivity contribution is 5.78. The van der Waals surface area contributed by atoms with Crippen molar-refractivity contribution in [2.24, 2.45) is 0 Å². The van der Waals surface area contributed by atoms with Gasteiger partial charge in [-0.15, -0.1) is 0 Å². The second kappa shape index (κ2) is 25.6. The van der Waals surface area contributed by atoms with Gasteiger partial charge in [-0.2, -0.15) is 4.39 Å². The predicted octanol–water partition coefficient (Wildman–Crippen LogP) is 18.0. The second-order valence-electron chi connectivity index (χ2n) is 28.5. The summed E-state index contributed by atoms with van der Waals surface area (Å²) in [5.74, 6) is 6.57. The fourth-order valence-electron chi connectivity index (χ4n) is 10.1. The molecule has 0 radical (unpaired) electrons. The van der Waals surface area contributed by atoms with Crippen molar-refractivity contribution < 1.29 is 42.3 Å². The lowest BCUT2D eigenvalue weighted by molar-refractivity contribution is -0.173. The van der Waals surface area contributed by atoms with Gasteiger partial charge in [-0.05, 0) is 109 Å². The largest absolute Gasteiger partial charge is 0.490 e. The van der Waals surface area contributed by atoms with E-state index in [0.717, 1.165) is 70.7 Å². The lowest BCUT2D eigenvalue weighted by Crippen LogP contribution is -2.29. The number of halogens is 1. The Morgan fingerprint density at radius 1 is 0.471 bits per heavy atom. The van der Waals surface area contributed by atoms with Gasteiger partial charge in [-0.1, -0.05) is 192 Å². The molecule has 11 nitrogen and oxygen atoms in total. The van der Waals surface area contributed by atoms with Crippen LogP contribution in [0.3, 0.4) is 0 Å². The molecule has 7 aromatic rings. The van der Waals surface area contributed by atoms with Crippen molar-refractivity contribution in [1.82, 2.24) is 9.97 Å². The monoisotopic (exact) mass is 1160 g/mol. The fraction of sp³-hybridized carbons (Fsp3) is 0.452. The lowest BCUT2D eigenvalue weighted by Gasteiger charge is -2.29. The van der Waals surface area contributed by atoms with Gasteiger partial charge in [0.15, 0.2) is 34.5 Å². The van der Waals surface area contributed by atoms with Gasteiger partial charge in [0.2, 0.25) is 13.6 Å². The van der Waals surface area contributed by atoms with Crippen molar-refractivity contribution in [3.8, 4) is 46.0 Å². The number of aromatic nitrogens is 2. The van der Waals surface area contributed by atoms with Crippen LogP contribution in [0.4, 0.5) is 10.1 Å². The molecule has 1 aromatic heterocycles. The molecule has 85 heavy (non-hydrogen) atoms. The van der Waals surface area contributed by atoms with E-state index in [4.69, 9.17) is 37.9 Å². The molecule has 0 spiro atoms. The molecule has 0 N–H and O–H groups in total. The molecule has 0 bridgehead atoms. The summed E-state index contributed by atoms with van der Waals surface area (Å²) in [6.45, 7) is 47.6. The van der Waals surface area contributed by atoms with Gasteiger partial charge >= 0.3 is 6.04 Å². The van der Waals surface area contributed by atoms with Crippen LogP contribution in [-0.2, 0) is 38.9 Å². The Morgan fingerprint density at radius 3 is 1.60 bits per heavy atom. The third-order valence-electron chi connectivity index (χ3n) is 14.8. The number of fused-ring (bicyclic) bond motifs is 6. The third-order valence-corrected chi connectivity index (χ3v) is 14.8. The van der Waals surface area contributed by atoms with Gasteiger partial charge in [-0.25, -0.2) is 0 Å². The van der Waals surface area contributed by atoms with Crippen molar-refractivity contribution in [2.75, 3.05) is 45.3 Å². The van der Waals surface area contributed by atoms with Crippen molar-refractivity contribution >= 4 is 16.7 Å². The molecule has 0 aliphatic carbocycles. The lowest BCUT2D eigenvalue weighted by atomic mass is 9.81. The Hall–Kier alpha value is -7.47. The number of para-hydroxylation sites is 3.